The topological polar surface area (TPSA) is 112 Å². The van der Waals surface area contributed by atoms with Gasteiger partial charge in [-0.05, 0) is 17.7 Å². The highest BCUT2D eigenvalue weighted by atomic mass is 35.5. The number of halogens is 2. The molecule has 8 nitrogen and oxygen atoms in total. The van der Waals surface area contributed by atoms with Gasteiger partial charge in [-0.1, -0.05) is 6.07 Å². The second-order valence-electron chi connectivity index (χ2n) is 6.17. The minimum atomic E-state index is -1.35. The normalized spacial score (nSPS) is 14.3. The highest BCUT2D eigenvalue weighted by Gasteiger charge is 2.39. The van der Waals surface area contributed by atoms with E-state index in [1.54, 1.807) is 25.3 Å². The van der Waals surface area contributed by atoms with E-state index in [-0.39, 0.29) is 18.1 Å². The van der Waals surface area contributed by atoms with Crippen LogP contribution in [-0.4, -0.2) is 40.4 Å². The molecule has 0 saturated carbocycles. The van der Waals surface area contributed by atoms with Crippen molar-refractivity contribution in [2.75, 3.05) is 25.5 Å². The maximum atomic E-state index is 14.6. The molecule has 3 N–H and O–H groups in total. The molecule has 1 aromatic carbocycles. The lowest BCUT2D eigenvalue weighted by atomic mass is 9.89. The number of anilines is 2. The van der Waals surface area contributed by atoms with Gasteiger partial charge in [0.25, 0.3) is 0 Å². The first-order valence-electron chi connectivity index (χ1n) is 8.24. The van der Waals surface area contributed by atoms with Crippen LogP contribution < -0.4 is 15.4 Å². The number of hydrogen-bond acceptors (Lipinski definition) is 7. The molecule has 28 heavy (non-hydrogen) atoms. The van der Waals surface area contributed by atoms with Gasteiger partial charge in [0.1, 0.15) is 17.6 Å². The quantitative estimate of drug-likeness (QED) is 0.602. The molecule has 0 amide bonds. The number of alkyl halides is 1. The number of H-pyrrole nitrogens is 1. The molecule has 1 fully saturated rings. The van der Waals surface area contributed by atoms with Crippen molar-refractivity contribution >= 4 is 24.0 Å². The summed E-state index contributed by atoms with van der Waals surface area (Å²) in [6.07, 6.45) is 2.83. The predicted molar refractivity (Wildman–Crippen MR) is 104 cm³/mol. The molecule has 144 valence electrons. The van der Waals surface area contributed by atoms with E-state index >= 15 is 0 Å². The molecule has 0 aliphatic carbocycles. The van der Waals surface area contributed by atoms with E-state index in [1.807, 2.05) is 12.1 Å². The summed E-state index contributed by atoms with van der Waals surface area (Å²) >= 11 is 0. The van der Waals surface area contributed by atoms with Crippen molar-refractivity contribution in [1.29, 1.82) is 5.26 Å². The molecule has 0 unspecified atom stereocenters. The first-order valence-corrected chi connectivity index (χ1v) is 8.24. The van der Waals surface area contributed by atoms with E-state index in [9.17, 15) is 4.39 Å². The van der Waals surface area contributed by atoms with E-state index in [4.69, 9.17) is 10.00 Å². The minimum Gasteiger partial charge on any atom is -0.496 e. The molecule has 1 saturated heterocycles. The van der Waals surface area contributed by atoms with Crippen molar-refractivity contribution in [3.8, 4) is 23.1 Å². The average Bonchev–Trinajstić information content (AvgIpc) is 3.14. The Morgan fingerprint density at radius 1 is 1.21 bits per heavy atom. The first-order chi connectivity index (χ1) is 13.1. The lowest BCUT2D eigenvalue weighted by Gasteiger charge is -2.35. The lowest BCUT2D eigenvalue weighted by Crippen LogP contribution is -2.53. The smallest absolute Gasteiger partial charge is 0.160 e. The Kier molecular flexibility index (Phi) is 5.44. The van der Waals surface area contributed by atoms with Gasteiger partial charge in [-0.2, -0.15) is 10.4 Å². The first kappa shape index (κ1) is 19.5. The van der Waals surface area contributed by atoms with Crippen molar-refractivity contribution in [2.24, 2.45) is 0 Å². The highest BCUT2D eigenvalue weighted by Crippen LogP contribution is 2.37. The van der Waals surface area contributed by atoms with Gasteiger partial charge >= 0.3 is 0 Å². The largest absolute Gasteiger partial charge is 0.496 e. The zero-order valence-corrected chi connectivity index (χ0v) is 15.7. The molecule has 1 aliphatic rings. The van der Waals surface area contributed by atoms with E-state index in [0.717, 1.165) is 5.56 Å². The Hall–Kier alpha value is -3.22. The van der Waals surface area contributed by atoms with Crippen molar-refractivity contribution in [2.45, 2.75) is 5.67 Å². The van der Waals surface area contributed by atoms with Crippen LogP contribution in [0.15, 0.2) is 36.7 Å². The average molecular weight is 402 g/mol. The molecule has 10 heteroatoms. The van der Waals surface area contributed by atoms with Crippen molar-refractivity contribution in [3.63, 3.8) is 0 Å². The monoisotopic (exact) mass is 401 g/mol. The van der Waals surface area contributed by atoms with Crippen LogP contribution in [0.4, 0.5) is 16.0 Å². The van der Waals surface area contributed by atoms with Crippen molar-refractivity contribution in [3.05, 3.63) is 47.9 Å². The number of aromatic amines is 1. The van der Waals surface area contributed by atoms with Crippen LogP contribution in [-0.2, 0) is 5.67 Å². The fourth-order valence-electron chi connectivity index (χ4n) is 2.85. The number of rotatable bonds is 5. The Balaban J connectivity index is 0.00000225. The molecule has 2 aromatic heterocycles. The van der Waals surface area contributed by atoms with Crippen LogP contribution in [0.3, 0.4) is 0 Å². The van der Waals surface area contributed by atoms with Crippen LogP contribution in [0.2, 0.25) is 0 Å². The van der Waals surface area contributed by atoms with E-state index in [0.29, 0.717) is 41.7 Å². The van der Waals surface area contributed by atoms with Crippen LogP contribution in [0.25, 0.3) is 11.3 Å². The van der Waals surface area contributed by atoms with E-state index in [2.05, 4.69) is 30.8 Å². The summed E-state index contributed by atoms with van der Waals surface area (Å²) in [6, 6.07) is 8.99. The molecule has 0 radical (unpaired) electrons. The van der Waals surface area contributed by atoms with Gasteiger partial charge in [0.15, 0.2) is 17.2 Å². The van der Waals surface area contributed by atoms with Gasteiger partial charge in [-0.25, -0.2) is 14.4 Å². The number of benzene rings is 1. The highest BCUT2D eigenvalue weighted by molar-refractivity contribution is 5.85. The van der Waals surface area contributed by atoms with Gasteiger partial charge < -0.3 is 15.4 Å². The molecular weight excluding hydrogens is 385 g/mol. The number of nitrogens with zero attached hydrogens (tertiary/aromatic N) is 4. The number of methoxy groups -OCH3 is 1. The third-order valence-electron chi connectivity index (χ3n) is 4.42. The Morgan fingerprint density at radius 2 is 2.04 bits per heavy atom. The van der Waals surface area contributed by atoms with Crippen molar-refractivity contribution < 1.29 is 9.13 Å². The minimum absolute atomic E-state index is 0. The Morgan fingerprint density at radius 3 is 2.64 bits per heavy atom. The standard InChI is InChI=1S/C18H16FN7O.ClH/c1-27-15-4-11(18(19)9-21-10-18)2-3-13(15)14-5-16(26-25-14)24-17-8-22-12(6-20)7-23-17;/h2-5,7-8,21H,9-10H2,1H3,(H2,23,24,25,26);1H. The molecule has 4 rings (SSSR count). The fraction of sp³-hybridized carbons (Fsp3) is 0.222. The lowest BCUT2D eigenvalue weighted by molar-refractivity contribution is 0.0889. The molecule has 0 bridgehead atoms. The third-order valence-corrected chi connectivity index (χ3v) is 4.42. The van der Waals surface area contributed by atoms with Gasteiger partial charge in [-0.3, -0.25) is 5.10 Å². The Bertz CT molecular complexity index is 1010. The molecule has 3 aromatic rings. The number of ether oxygens (including phenoxy) is 1. The summed E-state index contributed by atoms with van der Waals surface area (Å²) < 4.78 is 20.1. The molecule has 0 atom stereocenters. The molecular formula is C18H17ClFN7O. The second kappa shape index (κ2) is 7.80. The molecule has 1 aliphatic heterocycles. The summed E-state index contributed by atoms with van der Waals surface area (Å²) in [5, 5.41) is 21.8. The van der Waals surface area contributed by atoms with Crippen LogP contribution in [0, 0.1) is 11.3 Å². The number of nitriles is 1. The van der Waals surface area contributed by atoms with Crippen molar-refractivity contribution in [1.82, 2.24) is 25.5 Å². The van der Waals surface area contributed by atoms with E-state index < -0.39 is 5.67 Å². The summed E-state index contributed by atoms with van der Waals surface area (Å²) in [6.45, 7) is 0.610. The fourth-order valence-corrected chi connectivity index (χ4v) is 2.85. The summed E-state index contributed by atoms with van der Waals surface area (Å²) in [7, 11) is 1.55. The second-order valence-corrected chi connectivity index (χ2v) is 6.17. The SMILES string of the molecule is COc1cc(C2(F)CNC2)ccc1-c1cc(Nc2cnc(C#N)cn2)n[nH]1.Cl. The molecule has 3 heterocycles. The summed E-state index contributed by atoms with van der Waals surface area (Å²) in [4.78, 5) is 8.04. The molecule has 0 spiro atoms. The zero-order valence-electron chi connectivity index (χ0n) is 14.9. The summed E-state index contributed by atoms with van der Waals surface area (Å²) in [5.41, 5.74) is 0.958. The van der Waals surface area contributed by atoms with Gasteiger partial charge in [-0.15, -0.1) is 12.4 Å². The van der Waals surface area contributed by atoms with Crippen LogP contribution in [0.1, 0.15) is 11.3 Å². The van der Waals surface area contributed by atoms with Gasteiger partial charge in [0, 0.05) is 24.7 Å². The number of nitrogens with one attached hydrogen (secondary N) is 3. The maximum Gasteiger partial charge on any atom is 0.160 e. The Labute approximate surface area is 166 Å². The maximum absolute atomic E-state index is 14.6. The third kappa shape index (κ3) is 3.60. The van der Waals surface area contributed by atoms with Crippen LogP contribution in [0.5, 0.6) is 5.75 Å². The van der Waals surface area contributed by atoms with Gasteiger partial charge in [0.05, 0.1) is 25.2 Å². The van der Waals surface area contributed by atoms with Crippen LogP contribution >= 0.6 is 12.4 Å². The number of hydrogen-bond donors (Lipinski definition) is 3. The van der Waals surface area contributed by atoms with Gasteiger partial charge in [0.2, 0.25) is 0 Å². The summed E-state index contributed by atoms with van der Waals surface area (Å²) in [5.74, 6) is 1.55. The van der Waals surface area contributed by atoms with E-state index in [1.165, 1.54) is 12.4 Å². The predicted octanol–water partition coefficient (Wildman–Crippen LogP) is 2.68. The zero-order chi connectivity index (χ0) is 18.9. The number of aromatic nitrogens is 4.